The molecule has 0 aliphatic rings. The minimum absolute atomic E-state index is 0.0748. The molecule has 0 aliphatic carbocycles. The normalized spacial score (nSPS) is 10.4. The van der Waals surface area contributed by atoms with Gasteiger partial charge in [-0.1, -0.05) is 0 Å². The molecule has 5 nitrogen and oxygen atoms in total. The molecule has 0 saturated carbocycles. The Kier molecular flexibility index (Phi) is 3.76. The summed E-state index contributed by atoms with van der Waals surface area (Å²) in [4.78, 5) is 11.1. The summed E-state index contributed by atoms with van der Waals surface area (Å²) in [7, 11) is 0. The predicted molar refractivity (Wildman–Crippen MR) is 77.5 cm³/mol. The molecule has 0 amide bonds. The van der Waals surface area contributed by atoms with E-state index in [0.717, 1.165) is 5.56 Å². The first-order valence-corrected chi connectivity index (χ1v) is 6.34. The van der Waals surface area contributed by atoms with Crippen LogP contribution in [0.2, 0.25) is 0 Å². The van der Waals surface area contributed by atoms with Crippen molar-refractivity contribution >= 4 is 5.97 Å². The lowest BCUT2D eigenvalue weighted by atomic mass is 10.0. The topological polar surface area (TPSA) is 87.0 Å². The largest absolute Gasteiger partial charge is 0.508 e. The Morgan fingerprint density at radius 2 is 1.71 bits per heavy atom. The number of carboxylic acids is 1. The third kappa shape index (κ3) is 2.91. The Morgan fingerprint density at radius 3 is 2.29 bits per heavy atom. The van der Waals surface area contributed by atoms with Crippen molar-refractivity contribution in [3.05, 3.63) is 46.5 Å². The molecule has 0 aliphatic heterocycles. The van der Waals surface area contributed by atoms with Gasteiger partial charge in [-0.05, 0) is 50.1 Å². The van der Waals surface area contributed by atoms with Gasteiger partial charge in [0.2, 0.25) is 0 Å². The van der Waals surface area contributed by atoms with Crippen LogP contribution in [0.3, 0.4) is 0 Å². The van der Waals surface area contributed by atoms with E-state index in [2.05, 4.69) is 0 Å². The molecular weight excluding hydrogens is 272 g/mol. The fraction of sp³-hybridized carbons (Fsp3) is 0.188. The summed E-state index contributed by atoms with van der Waals surface area (Å²) >= 11 is 0. The Morgan fingerprint density at radius 1 is 1.05 bits per heavy atom. The Bertz CT molecular complexity index is 699. The van der Waals surface area contributed by atoms with Crippen molar-refractivity contribution in [2.45, 2.75) is 20.8 Å². The van der Waals surface area contributed by atoms with Crippen LogP contribution < -0.4 is 4.74 Å². The van der Waals surface area contributed by atoms with E-state index in [-0.39, 0.29) is 17.1 Å². The fourth-order valence-corrected chi connectivity index (χ4v) is 2.16. The Hall–Kier alpha value is -2.69. The van der Waals surface area contributed by atoms with Gasteiger partial charge in [-0.3, -0.25) is 0 Å². The second kappa shape index (κ2) is 5.36. The van der Waals surface area contributed by atoms with Crippen LogP contribution in [0.4, 0.5) is 0 Å². The minimum atomic E-state index is -1.19. The summed E-state index contributed by atoms with van der Waals surface area (Å²) in [5.41, 5.74) is 1.43. The van der Waals surface area contributed by atoms with Crippen molar-refractivity contribution in [1.29, 1.82) is 0 Å². The number of phenols is 2. The number of hydrogen-bond donors (Lipinski definition) is 3. The van der Waals surface area contributed by atoms with Crippen LogP contribution in [-0.4, -0.2) is 21.3 Å². The maximum atomic E-state index is 11.1. The maximum absolute atomic E-state index is 11.1. The van der Waals surface area contributed by atoms with Gasteiger partial charge in [0.1, 0.15) is 28.6 Å². The number of carbonyl (C=O) groups is 1. The van der Waals surface area contributed by atoms with Gasteiger partial charge in [-0.15, -0.1) is 0 Å². The number of hydrogen-bond acceptors (Lipinski definition) is 4. The van der Waals surface area contributed by atoms with Gasteiger partial charge in [0.05, 0.1) is 0 Å². The first kappa shape index (κ1) is 14.7. The maximum Gasteiger partial charge on any atom is 0.339 e. The van der Waals surface area contributed by atoms with Gasteiger partial charge in [0.25, 0.3) is 0 Å². The van der Waals surface area contributed by atoms with Crippen LogP contribution in [0.15, 0.2) is 24.3 Å². The highest BCUT2D eigenvalue weighted by molar-refractivity contribution is 5.93. The van der Waals surface area contributed by atoms with Crippen LogP contribution in [0.5, 0.6) is 23.0 Å². The van der Waals surface area contributed by atoms with Crippen LogP contribution in [0.1, 0.15) is 27.0 Å². The molecular formula is C16H16O5. The molecule has 0 saturated heterocycles. The lowest BCUT2D eigenvalue weighted by molar-refractivity contribution is 0.0692. The molecule has 5 heteroatoms. The molecule has 2 aromatic rings. The lowest BCUT2D eigenvalue weighted by Gasteiger charge is -2.14. The van der Waals surface area contributed by atoms with E-state index < -0.39 is 5.97 Å². The molecule has 0 aromatic heterocycles. The van der Waals surface area contributed by atoms with Gasteiger partial charge in [0, 0.05) is 11.6 Å². The highest BCUT2D eigenvalue weighted by Crippen LogP contribution is 2.36. The molecule has 0 unspecified atom stereocenters. The number of ether oxygens (including phenoxy) is 1. The number of aryl methyl sites for hydroxylation is 2. The van der Waals surface area contributed by atoms with E-state index in [1.165, 1.54) is 6.07 Å². The quantitative estimate of drug-likeness (QED) is 0.804. The molecule has 3 N–H and O–H groups in total. The summed E-state index contributed by atoms with van der Waals surface area (Å²) in [5.74, 6) is -0.662. The molecule has 0 fully saturated rings. The molecule has 2 aromatic carbocycles. The van der Waals surface area contributed by atoms with E-state index >= 15 is 0 Å². The van der Waals surface area contributed by atoms with Gasteiger partial charge < -0.3 is 20.1 Å². The second-order valence-electron chi connectivity index (χ2n) is 4.95. The summed E-state index contributed by atoms with van der Waals surface area (Å²) in [5, 5.41) is 28.7. The van der Waals surface area contributed by atoms with E-state index in [0.29, 0.717) is 22.6 Å². The Labute approximate surface area is 122 Å². The number of aromatic carboxylic acids is 1. The Balaban J connectivity index is 2.48. The van der Waals surface area contributed by atoms with Gasteiger partial charge in [-0.2, -0.15) is 0 Å². The van der Waals surface area contributed by atoms with Crippen LogP contribution in [-0.2, 0) is 0 Å². The van der Waals surface area contributed by atoms with Crippen LogP contribution >= 0.6 is 0 Å². The van der Waals surface area contributed by atoms with Crippen molar-refractivity contribution in [2.24, 2.45) is 0 Å². The number of aromatic hydroxyl groups is 2. The van der Waals surface area contributed by atoms with Crippen LogP contribution in [0, 0.1) is 20.8 Å². The number of phenolic OH excluding ortho intramolecular Hbond substituents is 1. The summed E-state index contributed by atoms with van der Waals surface area (Å²) in [6.45, 7) is 4.98. The molecule has 0 heterocycles. The van der Waals surface area contributed by atoms with Gasteiger partial charge in [0.15, 0.2) is 0 Å². The molecule has 0 radical (unpaired) electrons. The van der Waals surface area contributed by atoms with Crippen LogP contribution in [0.25, 0.3) is 0 Å². The molecule has 21 heavy (non-hydrogen) atoms. The zero-order valence-corrected chi connectivity index (χ0v) is 12.0. The minimum Gasteiger partial charge on any atom is -0.508 e. The average Bonchev–Trinajstić information content (AvgIpc) is 2.33. The highest BCUT2D eigenvalue weighted by atomic mass is 16.5. The van der Waals surface area contributed by atoms with E-state index in [1.54, 1.807) is 32.0 Å². The SMILES string of the molecule is Cc1cc(O)cc(Oc2cc(C)c(C(=O)O)c(O)c2C)c1. The number of rotatable bonds is 3. The summed E-state index contributed by atoms with van der Waals surface area (Å²) in [6.07, 6.45) is 0. The molecule has 0 bridgehead atoms. The van der Waals surface area contributed by atoms with Crippen molar-refractivity contribution in [1.82, 2.24) is 0 Å². The highest BCUT2D eigenvalue weighted by Gasteiger charge is 2.19. The van der Waals surface area contributed by atoms with Gasteiger partial charge >= 0.3 is 5.97 Å². The number of carboxylic acid groups (broad SMARTS) is 1. The molecule has 0 atom stereocenters. The summed E-state index contributed by atoms with van der Waals surface area (Å²) < 4.78 is 5.65. The molecule has 110 valence electrons. The van der Waals surface area contributed by atoms with Crippen molar-refractivity contribution in [2.75, 3.05) is 0 Å². The second-order valence-corrected chi connectivity index (χ2v) is 4.95. The van der Waals surface area contributed by atoms with E-state index in [4.69, 9.17) is 9.84 Å². The predicted octanol–water partition coefficient (Wildman–Crippen LogP) is 3.51. The fourth-order valence-electron chi connectivity index (χ4n) is 2.16. The standard InChI is InChI=1S/C16H16O5/c1-8-4-11(17)7-12(5-8)21-13-6-9(2)14(16(19)20)15(18)10(13)3/h4-7,17-18H,1-3H3,(H,19,20). The average molecular weight is 288 g/mol. The van der Waals surface area contributed by atoms with Crippen molar-refractivity contribution in [3.8, 4) is 23.0 Å². The van der Waals surface area contributed by atoms with Crippen molar-refractivity contribution in [3.63, 3.8) is 0 Å². The third-order valence-corrected chi connectivity index (χ3v) is 3.18. The van der Waals surface area contributed by atoms with E-state index in [1.807, 2.05) is 6.92 Å². The smallest absolute Gasteiger partial charge is 0.339 e. The zero-order valence-electron chi connectivity index (χ0n) is 12.0. The molecule has 0 spiro atoms. The third-order valence-electron chi connectivity index (χ3n) is 3.18. The first-order valence-electron chi connectivity index (χ1n) is 6.34. The first-order chi connectivity index (χ1) is 9.79. The van der Waals surface area contributed by atoms with E-state index in [9.17, 15) is 15.0 Å². The van der Waals surface area contributed by atoms with Gasteiger partial charge in [-0.25, -0.2) is 4.79 Å². The lowest BCUT2D eigenvalue weighted by Crippen LogP contribution is -2.02. The zero-order chi connectivity index (χ0) is 15.7. The summed E-state index contributed by atoms with van der Waals surface area (Å²) in [6, 6.07) is 6.33. The monoisotopic (exact) mass is 288 g/mol. The number of benzene rings is 2. The molecule has 2 rings (SSSR count). The van der Waals surface area contributed by atoms with Crippen molar-refractivity contribution < 1.29 is 24.9 Å².